The van der Waals surface area contributed by atoms with Crippen molar-refractivity contribution in [2.45, 2.75) is 199 Å². The van der Waals surface area contributed by atoms with Gasteiger partial charge in [0.15, 0.2) is 12.6 Å². The van der Waals surface area contributed by atoms with Gasteiger partial charge in [0.25, 0.3) is 0 Å². The Labute approximate surface area is 327 Å². The third-order valence-electron chi connectivity index (χ3n) is 16.8. The fourth-order valence-electron chi connectivity index (χ4n) is 13.2. The smallest absolute Gasteiger partial charge is 0.187 e. The zero-order valence-electron chi connectivity index (χ0n) is 34.4. The summed E-state index contributed by atoms with van der Waals surface area (Å²) in [6.07, 6.45) is -8.21. The Morgan fingerprint density at radius 2 is 1.49 bits per heavy atom. The summed E-state index contributed by atoms with van der Waals surface area (Å²) < 4.78 is 24.5. The van der Waals surface area contributed by atoms with Crippen molar-refractivity contribution < 1.29 is 64.9 Å². The lowest BCUT2D eigenvalue weighted by Crippen LogP contribution is -2.69. The highest BCUT2D eigenvalue weighted by Gasteiger charge is 2.72. The molecule has 2 aliphatic heterocycles. The van der Waals surface area contributed by atoms with Crippen LogP contribution in [0, 0.1) is 45.3 Å². The van der Waals surface area contributed by atoms with Crippen molar-refractivity contribution in [2.24, 2.45) is 45.3 Å². The van der Waals surface area contributed by atoms with Crippen molar-refractivity contribution in [1.82, 2.24) is 0 Å². The van der Waals surface area contributed by atoms with E-state index in [1.165, 1.54) is 6.92 Å². The summed E-state index contributed by atoms with van der Waals surface area (Å²) >= 11 is 0. The Balaban J connectivity index is 1.24. The molecule has 2 saturated heterocycles. The van der Waals surface area contributed by atoms with Gasteiger partial charge in [0.05, 0.1) is 36.6 Å². The summed E-state index contributed by atoms with van der Waals surface area (Å²) in [5.41, 5.74) is -1.54. The second-order valence-corrected chi connectivity index (χ2v) is 20.1. The first-order valence-corrected chi connectivity index (χ1v) is 20.8. The lowest BCUT2D eigenvalue weighted by molar-refractivity contribution is -0.377. The molecule has 0 bridgehead atoms. The molecule has 13 heteroatoms. The largest absolute Gasteiger partial charge is 0.394 e. The van der Waals surface area contributed by atoms with Gasteiger partial charge in [0.2, 0.25) is 0 Å². The normalized spacial score (nSPS) is 52.6. The average molecular weight is 785 g/mol. The molecule has 0 unspecified atom stereocenters. The van der Waals surface area contributed by atoms with E-state index in [4.69, 9.17) is 18.9 Å². The van der Waals surface area contributed by atoms with Crippen molar-refractivity contribution in [2.75, 3.05) is 6.61 Å². The van der Waals surface area contributed by atoms with Crippen molar-refractivity contribution in [3.8, 4) is 0 Å². The molecule has 13 nitrogen and oxygen atoms in total. The zero-order valence-corrected chi connectivity index (χ0v) is 34.4. The minimum atomic E-state index is -1.66. The van der Waals surface area contributed by atoms with Crippen LogP contribution in [-0.4, -0.2) is 138 Å². The summed E-state index contributed by atoms with van der Waals surface area (Å²) in [5.74, 6) is 0.258. The molecule has 4 aliphatic carbocycles. The van der Waals surface area contributed by atoms with E-state index in [1.54, 1.807) is 6.92 Å². The summed E-state index contributed by atoms with van der Waals surface area (Å²) in [4.78, 5) is 0. The van der Waals surface area contributed by atoms with Crippen LogP contribution in [0.4, 0.5) is 0 Å². The first-order chi connectivity index (χ1) is 25.5. The fraction of sp³-hybridized carbons (Fsp3) is 0.952. The zero-order chi connectivity index (χ0) is 40.8. The predicted molar refractivity (Wildman–Crippen MR) is 201 cm³/mol. The van der Waals surface area contributed by atoms with Crippen LogP contribution in [-0.2, 0) is 18.9 Å². The first-order valence-electron chi connectivity index (χ1n) is 20.8. The van der Waals surface area contributed by atoms with Crippen molar-refractivity contribution in [3.63, 3.8) is 0 Å². The number of allylic oxidation sites excluding steroid dienone is 1. The second-order valence-electron chi connectivity index (χ2n) is 20.1. The number of aliphatic hydroxyl groups excluding tert-OH is 8. The highest BCUT2D eigenvalue weighted by atomic mass is 16.8. The van der Waals surface area contributed by atoms with Gasteiger partial charge in [-0.1, -0.05) is 46.3 Å². The highest BCUT2D eigenvalue weighted by molar-refractivity contribution is 5.21. The number of ether oxygens (including phenoxy) is 4. The molecular weight excluding hydrogens is 712 g/mol. The molecule has 0 aromatic heterocycles. The number of aliphatic hydroxyl groups is 9. The van der Waals surface area contributed by atoms with E-state index in [9.17, 15) is 46.0 Å². The summed E-state index contributed by atoms with van der Waals surface area (Å²) in [5, 5.41) is 99.2. The van der Waals surface area contributed by atoms with Gasteiger partial charge in [-0.15, -0.1) is 0 Å². The van der Waals surface area contributed by atoms with Crippen LogP contribution in [0.1, 0.15) is 114 Å². The summed E-state index contributed by atoms with van der Waals surface area (Å²) in [6, 6.07) is 0. The van der Waals surface area contributed by atoms with Gasteiger partial charge in [0.1, 0.15) is 42.7 Å². The molecule has 9 N–H and O–H groups in total. The number of fused-ring (bicyclic) bond motifs is 5. The summed E-state index contributed by atoms with van der Waals surface area (Å²) in [6.45, 7) is 17.9. The number of rotatable bonds is 9. The fourth-order valence-corrected chi connectivity index (χ4v) is 13.2. The maximum absolute atomic E-state index is 12.5. The average Bonchev–Trinajstić information content (AvgIpc) is 3.49. The minimum Gasteiger partial charge on any atom is -0.394 e. The van der Waals surface area contributed by atoms with E-state index >= 15 is 0 Å². The predicted octanol–water partition coefficient (Wildman–Crippen LogP) is 2.15. The topological polar surface area (TPSA) is 219 Å². The van der Waals surface area contributed by atoms with E-state index in [-0.39, 0.29) is 34.5 Å². The van der Waals surface area contributed by atoms with Gasteiger partial charge in [-0.25, -0.2) is 0 Å². The van der Waals surface area contributed by atoms with E-state index in [1.807, 2.05) is 19.9 Å². The molecule has 0 aromatic carbocycles. The van der Waals surface area contributed by atoms with Crippen molar-refractivity contribution in [3.05, 3.63) is 11.6 Å². The molecule has 55 heavy (non-hydrogen) atoms. The van der Waals surface area contributed by atoms with Crippen LogP contribution in [0.25, 0.3) is 0 Å². The van der Waals surface area contributed by atoms with E-state index in [0.29, 0.717) is 19.3 Å². The van der Waals surface area contributed by atoms with Crippen LogP contribution < -0.4 is 0 Å². The molecule has 0 radical (unpaired) electrons. The van der Waals surface area contributed by atoms with Gasteiger partial charge >= 0.3 is 0 Å². The Morgan fingerprint density at radius 3 is 2.13 bits per heavy atom. The monoisotopic (exact) mass is 784 g/mol. The highest BCUT2D eigenvalue weighted by Crippen LogP contribution is 2.76. The third kappa shape index (κ3) is 6.90. The molecule has 0 aromatic rings. The maximum Gasteiger partial charge on any atom is 0.187 e. The second kappa shape index (κ2) is 15.4. The molecule has 6 fully saturated rings. The Morgan fingerprint density at radius 1 is 0.818 bits per heavy atom. The lowest BCUT2D eigenvalue weighted by Gasteiger charge is -2.71. The summed E-state index contributed by atoms with van der Waals surface area (Å²) in [7, 11) is 0. The molecule has 4 saturated carbocycles. The van der Waals surface area contributed by atoms with E-state index < -0.39 is 103 Å². The molecule has 0 amide bonds. The van der Waals surface area contributed by atoms with Crippen LogP contribution in [0.5, 0.6) is 0 Å². The Bertz CT molecular complexity index is 1390. The van der Waals surface area contributed by atoms with E-state index in [2.05, 4.69) is 34.6 Å². The molecule has 0 spiro atoms. The van der Waals surface area contributed by atoms with Gasteiger partial charge in [-0.3, -0.25) is 0 Å². The van der Waals surface area contributed by atoms with Crippen molar-refractivity contribution >= 4 is 0 Å². The number of hydrogen-bond acceptors (Lipinski definition) is 13. The third-order valence-corrected chi connectivity index (χ3v) is 16.8. The molecule has 6 rings (SSSR count). The van der Waals surface area contributed by atoms with Gasteiger partial charge in [0, 0.05) is 5.41 Å². The molecule has 21 atom stereocenters. The quantitative estimate of drug-likeness (QED) is 0.121. The van der Waals surface area contributed by atoms with Crippen LogP contribution >= 0.6 is 0 Å². The van der Waals surface area contributed by atoms with Crippen molar-refractivity contribution in [1.29, 1.82) is 0 Å². The maximum atomic E-state index is 12.5. The molecule has 6 aliphatic rings. The SMILES string of the molecule is CC(C)=CC[C@@H](O)[C@@](C)(O)[C@H]1CC[C@]2(C)[C@@H]1CC[C@@H]1[C@@]3(C)CC[C@H](O[C@@H]4O[C@H](CO)[C@@H](O)[C@H](O)[C@H]4O[C@@H]4O[C@@H](C)[C@H](O)[C@@H](O)[C@H]4O)C(C)(C)[C@@H]3C[C@H](O)[C@]12C. The first kappa shape index (κ1) is 43.8. The van der Waals surface area contributed by atoms with E-state index in [0.717, 1.165) is 37.7 Å². The van der Waals surface area contributed by atoms with Gasteiger partial charge in [-0.05, 0) is 119 Å². The van der Waals surface area contributed by atoms with Crippen LogP contribution in [0.15, 0.2) is 11.6 Å². The molecule has 318 valence electrons. The van der Waals surface area contributed by atoms with Crippen LogP contribution in [0.2, 0.25) is 0 Å². The Hall–Kier alpha value is -0.780. The lowest BCUT2D eigenvalue weighted by atomic mass is 9.34. The minimum absolute atomic E-state index is 0.0197. The van der Waals surface area contributed by atoms with Crippen LogP contribution in [0.3, 0.4) is 0 Å². The Kier molecular flexibility index (Phi) is 12.2. The standard InChI is InChI=1S/C42H72O13/c1-20(2)10-13-27(44)42(9,51)23-14-17-40(7)22(23)11-12-25-39(6)16-15-29(38(4,5)26(39)18-28(45)41(25,40)8)54-37-35(33(49)31(47)24(19-43)53-37)55-36-34(50)32(48)30(46)21(3)52-36/h10,21-37,43-51H,11-19H2,1-9H3/t21-,22+,23-,24+,25+,26-,27+,28-,29-,30-,31+,32+,33-,34+,35+,36-,37-,39+,40+,41-,42-/m0/s1. The number of hydrogen-bond donors (Lipinski definition) is 9. The van der Waals surface area contributed by atoms with Gasteiger partial charge < -0.3 is 64.9 Å². The molecule has 2 heterocycles. The molecular formula is C42H72O13. The van der Waals surface area contributed by atoms with Gasteiger partial charge in [-0.2, -0.15) is 0 Å².